The molecule has 0 saturated heterocycles. The molecule has 0 spiro atoms. The van der Waals surface area contributed by atoms with Gasteiger partial charge in [-0.3, -0.25) is 10.2 Å². The predicted molar refractivity (Wildman–Crippen MR) is 94.2 cm³/mol. The SMILES string of the molecule is CCCC(CCC)(OC)/C(C)=N\OC(=O)Nc1ccc(Cl)cc1. The number of halogens is 1. The van der Waals surface area contributed by atoms with Crippen molar-refractivity contribution in [3.05, 3.63) is 29.3 Å². The number of nitrogens with zero attached hydrogens (tertiary/aromatic N) is 1. The maximum absolute atomic E-state index is 11.8. The Labute approximate surface area is 143 Å². The van der Waals surface area contributed by atoms with E-state index in [0.717, 1.165) is 25.7 Å². The normalized spacial score (nSPS) is 12.1. The number of nitrogens with one attached hydrogen (secondary N) is 1. The average molecular weight is 341 g/mol. The van der Waals surface area contributed by atoms with Crippen molar-refractivity contribution in [2.24, 2.45) is 5.16 Å². The quantitative estimate of drug-likeness (QED) is 0.399. The number of ether oxygens (including phenoxy) is 1. The van der Waals surface area contributed by atoms with Gasteiger partial charge in [0.15, 0.2) is 0 Å². The van der Waals surface area contributed by atoms with Gasteiger partial charge in [0.2, 0.25) is 0 Å². The molecule has 5 nitrogen and oxygen atoms in total. The molecule has 0 atom stereocenters. The zero-order chi connectivity index (χ0) is 17.3. The van der Waals surface area contributed by atoms with E-state index < -0.39 is 11.7 Å². The third-order valence-electron chi connectivity index (χ3n) is 3.71. The summed E-state index contributed by atoms with van der Waals surface area (Å²) >= 11 is 5.80. The number of carbonyl (C=O) groups is 1. The summed E-state index contributed by atoms with van der Waals surface area (Å²) in [5.74, 6) is 0. The van der Waals surface area contributed by atoms with Crippen LogP contribution < -0.4 is 5.32 Å². The van der Waals surface area contributed by atoms with Gasteiger partial charge in [-0.25, -0.2) is 4.79 Å². The summed E-state index contributed by atoms with van der Waals surface area (Å²) < 4.78 is 5.69. The highest BCUT2D eigenvalue weighted by Gasteiger charge is 2.32. The Morgan fingerprint density at radius 3 is 2.26 bits per heavy atom. The number of benzene rings is 1. The fourth-order valence-corrected chi connectivity index (χ4v) is 2.64. The van der Waals surface area contributed by atoms with Gasteiger partial charge < -0.3 is 4.74 Å². The smallest absolute Gasteiger partial charge is 0.372 e. The van der Waals surface area contributed by atoms with Crippen molar-refractivity contribution < 1.29 is 14.4 Å². The van der Waals surface area contributed by atoms with Crippen molar-refractivity contribution in [2.45, 2.75) is 52.1 Å². The van der Waals surface area contributed by atoms with E-state index in [2.05, 4.69) is 24.3 Å². The number of amides is 1. The second kappa shape index (κ2) is 9.53. The van der Waals surface area contributed by atoms with Crippen molar-refractivity contribution in [3.63, 3.8) is 0 Å². The maximum Gasteiger partial charge on any atom is 0.437 e. The molecule has 1 N–H and O–H groups in total. The van der Waals surface area contributed by atoms with E-state index in [9.17, 15) is 4.79 Å². The van der Waals surface area contributed by atoms with E-state index in [-0.39, 0.29) is 0 Å². The Hall–Kier alpha value is -1.59. The number of anilines is 1. The lowest BCUT2D eigenvalue weighted by Crippen LogP contribution is -2.39. The zero-order valence-corrected chi connectivity index (χ0v) is 14.9. The third-order valence-corrected chi connectivity index (χ3v) is 3.97. The molecule has 0 saturated carbocycles. The van der Waals surface area contributed by atoms with E-state index in [1.165, 1.54) is 0 Å². The monoisotopic (exact) mass is 340 g/mol. The lowest BCUT2D eigenvalue weighted by Gasteiger charge is -2.31. The molecule has 1 aromatic carbocycles. The summed E-state index contributed by atoms with van der Waals surface area (Å²) in [5.41, 5.74) is 0.770. The van der Waals surface area contributed by atoms with Crippen LogP contribution in [0.15, 0.2) is 29.4 Å². The molecule has 23 heavy (non-hydrogen) atoms. The van der Waals surface area contributed by atoms with E-state index in [1.807, 2.05) is 6.92 Å². The number of hydrogen-bond donors (Lipinski definition) is 1. The predicted octanol–water partition coefficient (Wildman–Crippen LogP) is 5.25. The van der Waals surface area contributed by atoms with E-state index in [4.69, 9.17) is 21.2 Å². The summed E-state index contributed by atoms with van der Waals surface area (Å²) in [6.07, 6.45) is 2.92. The van der Waals surface area contributed by atoms with Crippen LogP contribution in [-0.2, 0) is 9.57 Å². The van der Waals surface area contributed by atoms with Crippen LogP contribution in [0, 0.1) is 0 Å². The Morgan fingerprint density at radius 1 is 1.22 bits per heavy atom. The molecule has 0 heterocycles. The van der Waals surface area contributed by atoms with Crippen LogP contribution in [0.1, 0.15) is 46.5 Å². The average Bonchev–Trinajstić information content (AvgIpc) is 2.54. The zero-order valence-electron chi connectivity index (χ0n) is 14.2. The molecule has 0 aliphatic carbocycles. The summed E-state index contributed by atoms with van der Waals surface area (Å²) in [5, 5.41) is 7.16. The van der Waals surface area contributed by atoms with Crippen LogP contribution in [-0.4, -0.2) is 24.5 Å². The molecule has 0 bridgehead atoms. The summed E-state index contributed by atoms with van der Waals surface area (Å²) in [7, 11) is 1.66. The number of oxime groups is 1. The second-order valence-corrected chi connectivity index (χ2v) is 5.82. The van der Waals surface area contributed by atoms with Gasteiger partial charge in [-0.1, -0.05) is 43.4 Å². The lowest BCUT2D eigenvalue weighted by molar-refractivity contribution is 0.0305. The van der Waals surface area contributed by atoms with Gasteiger partial charge in [-0.2, -0.15) is 0 Å². The number of carbonyl (C=O) groups excluding carboxylic acids is 1. The Balaban J connectivity index is 2.72. The Kier molecular flexibility index (Phi) is 8.06. The molecular weight excluding hydrogens is 316 g/mol. The Bertz CT molecular complexity index is 523. The minimum absolute atomic E-state index is 0.482. The van der Waals surface area contributed by atoms with Crippen LogP contribution in [0.4, 0.5) is 10.5 Å². The molecule has 1 rings (SSSR count). The van der Waals surface area contributed by atoms with E-state index >= 15 is 0 Å². The van der Waals surface area contributed by atoms with Crippen LogP contribution in [0.2, 0.25) is 5.02 Å². The van der Waals surface area contributed by atoms with Crippen molar-refractivity contribution >= 4 is 29.1 Å². The summed E-state index contributed by atoms with van der Waals surface area (Å²) in [6, 6.07) is 6.75. The minimum Gasteiger partial charge on any atom is -0.372 e. The lowest BCUT2D eigenvalue weighted by atomic mass is 9.88. The molecule has 1 aromatic rings. The van der Waals surface area contributed by atoms with Crippen molar-refractivity contribution in [1.29, 1.82) is 0 Å². The highest BCUT2D eigenvalue weighted by atomic mass is 35.5. The molecule has 128 valence electrons. The standard InChI is InChI=1S/C17H25ClN2O3/c1-5-11-17(22-4,12-6-2)13(3)20-23-16(21)19-15-9-7-14(18)8-10-15/h7-10H,5-6,11-12H2,1-4H3,(H,19,21)/b20-13-. The third kappa shape index (κ3) is 5.84. The van der Waals surface area contributed by atoms with Crippen molar-refractivity contribution in [2.75, 3.05) is 12.4 Å². The highest BCUT2D eigenvalue weighted by molar-refractivity contribution is 6.30. The topological polar surface area (TPSA) is 59.9 Å². The fourth-order valence-electron chi connectivity index (χ4n) is 2.51. The number of hydrogen-bond acceptors (Lipinski definition) is 4. The van der Waals surface area contributed by atoms with Gasteiger partial charge in [-0.15, -0.1) is 0 Å². The number of rotatable bonds is 8. The maximum atomic E-state index is 11.8. The Morgan fingerprint density at radius 2 is 1.78 bits per heavy atom. The van der Waals surface area contributed by atoms with Gasteiger partial charge >= 0.3 is 6.09 Å². The molecule has 0 fully saturated rings. The fraction of sp³-hybridized carbons (Fsp3) is 0.529. The molecule has 1 amide bonds. The first-order valence-electron chi connectivity index (χ1n) is 7.81. The summed E-state index contributed by atoms with van der Waals surface area (Å²) in [4.78, 5) is 16.8. The highest BCUT2D eigenvalue weighted by Crippen LogP contribution is 2.26. The molecular formula is C17H25ClN2O3. The van der Waals surface area contributed by atoms with Crippen LogP contribution >= 0.6 is 11.6 Å². The van der Waals surface area contributed by atoms with Crippen molar-refractivity contribution in [1.82, 2.24) is 0 Å². The van der Waals surface area contributed by atoms with Crippen LogP contribution in [0.25, 0.3) is 0 Å². The first-order chi connectivity index (χ1) is 11.0. The van der Waals surface area contributed by atoms with Gasteiger partial charge in [0.1, 0.15) is 5.60 Å². The molecule has 0 radical (unpaired) electrons. The molecule has 0 aromatic heterocycles. The van der Waals surface area contributed by atoms with E-state index in [0.29, 0.717) is 16.4 Å². The summed E-state index contributed by atoms with van der Waals surface area (Å²) in [6.45, 7) is 6.00. The van der Waals surface area contributed by atoms with Crippen LogP contribution in [0.5, 0.6) is 0 Å². The minimum atomic E-state index is -0.648. The van der Waals surface area contributed by atoms with Gasteiger partial charge in [0.25, 0.3) is 0 Å². The molecule has 0 aliphatic rings. The molecule has 0 unspecified atom stereocenters. The van der Waals surface area contributed by atoms with Gasteiger partial charge in [-0.05, 0) is 44.0 Å². The van der Waals surface area contributed by atoms with E-state index in [1.54, 1.807) is 31.4 Å². The van der Waals surface area contributed by atoms with Gasteiger partial charge in [0.05, 0.1) is 5.71 Å². The van der Waals surface area contributed by atoms with Crippen molar-refractivity contribution in [3.8, 4) is 0 Å². The second-order valence-electron chi connectivity index (χ2n) is 5.39. The van der Waals surface area contributed by atoms with Crippen LogP contribution in [0.3, 0.4) is 0 Å². The largest absolute Gasteiger partial charge is 0.437 e. The number of methoxy groups -OCH3 is 1. The first-order valence-corrected chi connectivity index (χ1v) is 8.19. The molecule has 6 heteroatoms. The molecule has 0 aliphatic heterocycles. The first kappa shape index (κ1) is 19.5. The van der Waals surface area contributed by atoms with Gasteiger partial charge in [0, 0.05) is 17.8 Å².